The van der Waals surface area contributed by atoms with Crippen molar-refractivity contribution in [2.24, 2.45) is 0 Å². The molecule has 3 heteroatoms. The Bertz CT molecular complexity index is 556. The van der Waals surface area contributed by atoms with Gasteiger partial charge in [0, 0.05) is 23.7 Å². The molecule has 0 saturated carbocycles. The van der Waals surface area contributed by atoms with E-state index < -0.39 is 0 Å². The summed E-state index contributed by atoms with van der Waals surface area (Å²) in [6.45, 7) is 1.87. The van der Waals surface area contributed by atoms with Crippen LogP contribution in [0.1, 0.15) is 23.6 Å². The maximum absolute atomic E-state index is 6.21. The Hall–Kier alpha value is -1.35. The summed E-state index contributed by atoms with van der Waals surface area (Å²) in [5.74, 6) is 0. The lowest BCUT2D eigenvalue weighted by Gasteiger charge is -2.21. The lowest BCUT2D eigenvalue weighted by molar-refractivity contribution is 0.461. The summed E-state index contributed by atoms with van der Waals surface area (Å²) in [7, 11) is 0. The van der Waals surface area contributed by atoms with E-state index in [-0.39, 0.29) is 0 Å². The van der Waals surface area contributed by atoms with E-state index in [0.717, 1.165) is 30.1 Å². The van der Waals surface area contributed by atoms with Crippen LogP contribution in [-0.4, -0.2) is 12.6 Å². The summed E-state index contributed by atoms with van der Waals surface area (Å²) in [5, 5.41) is 8.05. The zero-order chi connectivity index (χ0) is 13.8. The molecule has 1 aliphatic heterocycles. The number of hydrogen-bond donors (Lipinski definition) is 2. The van der Waals surface area contributed by atoms with Crippen LogP contribution >= 0.6 is 11.6 Å². The first-order valence-electron chi connectivity index (χ1n) is 7.10. The van der Waals surface area contributed by atoms with Gasteiger partial charge in [-0.25, -0.2) is 0 Å². The molecule has 0 bridgehead atoms. The molecule has 1 saturated heterocycles. The highest BCUT2D eigenvalue weighted by atomic mass is 35.5. The zero-order valence-electron chi connectivity index (χ0n) is 11.4. The number of nitrogens with one attached hydrogen (secondary N) is 2. The van der Waals surface area contributed by atoms with Crippen molar-refractivity contribution < 1.29 is 0 Å². The van der Waals surface area contributed by atoms with Gasteiger partial charge >= 0.3 is 0 Å². The second kappa shape index (κ2) is 6.40. The molecule has 2 N–H and O–H groups in total. The van der Waals surface area contributed by atoms with Gasteiger partial charge in [-0.05, 0) is 30.2 Å². The predicted molar refractivity (Wildman–Crippen MR) is 83.9 cm³/mol. The molecule has 0 spiro atoms. The van der Waals surface area contributed by atoms with Crippen molar-refractivity contribution in [1.82, 2.24) is 10.6 Å². The zero-order valence-corrected chi connectivity index (χ0v) is 12.1. The Morgan fingerprint density at radius 3 is 2.60 bits per heavy atom. The van der Waals surface area contributed by atoms with E-state index in [0.29, 0.717) is 12.1 Å². The van der Waals surface area contributed by atoms with Crippen LogP contribution in [0.25, 0.3) is 0 Å². The van der Waals surface area contributed by atoms with Gasteiger partial charge in [0.05, 0.1) is 0 Å². The summed E-state index contributed by atoms with van der Waals surface area (Å²) in [4.78, 5) is 0. The van der Waals surface area contributed by atoms with Crippen LogP contribution in [0, 0.1) is 0 Å². The largest absolute Gasteiger partial charge is 0.309 e. The first-order chi connectivity index (χ1) is 9.84. The Labute approximate surface area is 125 Å². The number of halogens is 1. The third-order valence-electron chi connectivity index (χ3n) is 3.89. The van der Waals surface area contributed by atoms with Gasteiger partial charge in [-0.15, -0.1) is 0 Å². The highest BCUT2D eigenvalue weighted by molar-refractivity contribution is 6.31. The Morgan fingerprint density at radius 1 is 1.05 bits per heavy atom. The Balaban J connectivity index is 1.67. The fourth-order valence-electron chi connectivity index (χ4n) is 2.82. The van der Waals surface area contributed by atoms with Crippen LogP contribution in [-0.2, 0) is 6.54 Å². The molecule has 104 valence electrons. The van der Waals surface area contributed by atoms with Gasteiger partial charge in [0.1, 0.15) is 0 Å². The van der Waals surface area contributed by atoms with Gasteiger partial charge in [-0.1, -0.05) is 60.1 Å². The van der Waals surface area contributed by atoms with Crippen LogP contribution in [0.5, 0.6) is 0 Å². The molecule has 2 nitrogen and oxygen atoms in total. The smallest absolute Gasteiger partial charge is 0.0476 e. The fraction of sp³-hybridized carbons (Fsp3) is 0.294. The summed E-state index contributed by atoms with van der Waals surface area (Å²) in [5.41, 5.74) is 2.51. The third kappa shape index (κ3) is 3.04. The third-order valence-corrected chi connectivity index (χ3v) is 4.26. The SMILES string of the molecule is Clc1ccccc1CN[C@@H]1CCN[C@@H]1c1ccccc1. The quantitative estimate of drug-likeness (QED) is 0.898. The van der Waals surface area contributed by atoms with E-state index in [2.05, 4.69) is 47.0 Å². The van der Waals surface area contributed by atoms with Crippen molar-refractivity contribution in [3.05, 3.63) is 70.7 Å². The van der Waals surface area contributed by atoms with Gasteiger partial charge in [0.15, 0.2) is 0 Å². The standard InChI is InChI=1S/C17H19ClN2/c18-15-9-5-4-8-14(15)12-20-16-10-11-19-17(16)13-6-2-1-3-7-13/h1-9,16-17,19-20H,10-12H2/t16-,17-/m1/s1. The molecule has 1 fully saturated rings. The summed E-state index contributed by atoms with van der Waals surface area (Å²) >= 11 is 6.21. The monoisotopic (exact) mass is 286 g/mol. The van der Waals surface area contributed by atoms with E-state index in [1.165, 1.54) is 5.56 Å². The first kappa shape index (κ1) is 13.6. The van der Waals surface area contributed by atoms with E-state index in [1.807, 2.05) is 18.2 Å². The molecular formula is C17H19ClN2. The van der Waals surface area contributed by atoms with Crippen molar-refractivity contribution in [3.8, 4) is 0 Å². The molecule has 20 heavy (non-hydrogen) atoms. The average Bonchev–Trinajstić information content (AvgIpc) is 2.96. The van der Waals surface area contributed by atoms with Gasteiger partial charge < -0.3 is 10.6 Å². The van der Waals surface area contributed by atoms with Crippen molar-refractivity contribution in [2.45, 2.75) is 25.0 Å². The highest BCUT2D eigenvalue weighted by Gasteiger charge is 2.27. The second-order valence-corrected chi connectivity index (χ2v) is 5.62. The molecule has 2 aromatic carbocycles. The van der Waals surface area contributed by atoms with Crippen LogP contribution < -0.4 is 10.6 Å². The van der Waals surface area contributed by atoms with Crippen LogP contribution in [0.3, 0.4) is 0 Å². The fourth-order valence-corrected chi connectivity index (χ4v) is 3.02. The van der Waals surface area contributed by atoms with Crippen LogP contribution in [0.2, 0.25) is 5.02 Å². The summed E-state index contributed by atoms with van der Waals surface area (Å²) < 4.78 is 0. The average molecular weight is 287 g/mol. The van der Waals surface area contributed by atoms with Crippen molar-refractivity contribution in [3.63, 3.8) is 0 Å². The van der Waals surface area contributed by atoms with Gasteiger partial charge in [-0.3, -0.25) is 0 Å². The summed E-state index contributed by atoms with van der Waals surface area (Å²) in [6, 6.07) is 19.5. The van der Waals surface area contributed by atoms with E-state index >= 15 is 0 Å². The first-order valence-corrected chi connectivity index (χ1v) is 7.47. The van der Waals surface area contributed by atoms with E-state index in [4.69, 9.17) is 11.6 Å². The van der Waals surface area contributed by atoms with E-state index in [1.54, 1.807) is 0 Å². The Morgan fingerprint density at radius 2 is 1.80 bits per heavy atom. The van der Waals surface area contributed by atoms with Crippen molar-refractivity contribution in [1.29, 1.82) is 0 Å². The minimum Gasteiger partial charge on any atom is -0.309 e. The van der Waals surface area contributed by atoms with Crippen LogP contribution in [0.15, 0.2) is 54.6 Å². The van der Waals surface area contributed by atoms with Gasteiger partial charge in [-0.2, -0.15) is 0 Å². The molecule has 0 aromatic heterocycles. The second-order valence-electron chi connectivity index (χ2n) is 5.21. The summed E-state index contributed by atoms with van der Waals surface area (Å²) in [6.07, 6.45) is 1.14. The molecular weight excluding hydrogens is 268 g/mol. The molecule has 3 rings (SSSR count). The normalized spacial score (nSPS) is 22.1. The predicted octanol–water partition coefficient (Wildman–Crippen LogP) is 3.53. The molecule has 0 unspecified atom stereocenters. The topological polar surface area (TPSA) is 24.1 Å². The van der Waals surface area contributed by atoms with Crippen molar-refractivity contribution >= 4 is 11.6 Å². The molecule has 2 aromatic rings. The van der Waals surface area contributed by atoms with Gasteiger partial charge in [0.25, 0.3) is 0 Å². The minimum atomic E-state index is 0.388. The highest BCUT2D eigenvalue weighted by Crippen LogP contribution is 2.24. The number of benzene rings is 2. The van der Waals surface area contributed by atoms with Gasteiger partial charge in [0.2, 0.25) is 0 Å². The maximum Gasteiger partial charge on any atom is 0.0476 e. The minimum absolute atomic E-state index is 0.388. The molecule has 2 atom stereocenters. The molecule has 0 radical (unpaired) electrons. The Kier molecular flexibility index (Phi) is 4.36. The van der Waals surface area contributed by atoms with Crippen LogP contribution in [0.4, 0.5) is 0 Å². The molecule has 1 heterocycles. The molecule has 1 aliphatic rings. The lowest BCUT2D eigenvalue weighted by atomic mass is 10.0. The number of rotatable bonds is 4. The lowest BCUT2D eigenvalue weighted by Crippen LogP contribution is -2.33. The number of hydrogen-bond acceptors (Lipinski definition) is 2. The molecule has 0 amide bonds. The maximum atomic E-state index is 6.21. The van der Waals surface area contributed by atoms with E-state index in [9.17, 15) is 0 Å². The van der Waals surface area contributed by atoms with Crippen molar-refractivity contribution in [2.75, 3.05) is 6.54 Å². The molecule has 0 aliphatic carbocycles.